The largest absolute Gasteiger partial charge is 0.323 e. The Kier molecular flexibility index (Phi) is 4.79. The SMILES string of the molecule is Cc1nn(C(C)C(=O)Nc2cc([N+](=O)[O-])ccc2Cl)cc1[N+](=O)[O-]. The topological polar surface area (TPSA) is 133 Å². The highest BCUT2D eigenvalue weighted by Crippen LogP contribution is 2.27. The quantitative estimate of drug-likeness (QED) is 0.648. The molecule has 1 aromatic carbocycles. The van der Waals surface area contributed by atoms with Crippen LogP contribution >= 0.6 is 11.6 Å². The third-order valence-corrected chi connectivity index (χ3v) is 3.61. The van der Waals surface area contributed by atoms with Crippen LogP contribution in [0.15, 0.2) is 24.4 Å². The van der Waals surface area contributed by atoms with Crippen LogP contribution in [0.1, 0.15) is 18.7 Å². The second-order valence-corrected chi connectivity index (χ2v) is 5.33. The lowest BCUT2D eigenvalue weighted by molar-refractivity contribution is -0.385. The summed E-state index contributed by atoms with van der Waals surface area (Å²) in [5.74, 6) is -0.574. The summed E-state index contributed by atoms with van der Waals surface area (Å²) in [6, 6.07) is 2.75. The molecule has 1 heterocycles. The van der Waals surface area contributed by atoms with Crippen LogP contribution in [-0.4, -0.2) is 25.5 Å². The van der Waals surface area contributed by atoms with Gasteiger partial charge in [0.25, 0.3) is 5.69 Å². The van der Waals surface area contributed by atoms with Crippen LogP contribution in [0.4, 0.5) is 17.1 Å². The van der Waals surface area contributed by atoms with E-state index in [1.165, 1.54) is 26.0 Å². The summed E-state index contributed by atoms with van der Waals surface area (Å²) in [4.78, 5) is 32.7. The van der Waals surface area contributed by atoms with Gasteiger partial charge in [-0.25, -0.2) is 0 Å². The predicted molar refractivity (Wildman–Crippen MR) is 85.1 cm³/mol. The van der Waals surface area contributed by atoms with Crippen molar-refractivity contribution in [2.75, 3.05) is 5.32 Å². The van der Waals surface area contributed by atoms with Gasteiger partial charge in [-0.05, 0) is 19.9 Å². The molecule has 1 unspecified atom stereocenters. The molecule has 0 aliphatic carbocycles. The molecule has 0 aliphatic rings. The molecular formula is C13H12ClN5O5. The predicted octanol–water partition coefficient (Wildman–Crippen LogP) is 2.86. The maximum atomic E-state index is 12.3. The zero-order valence-corrected chi connectivity index (χ0v) is 13.4. The first kappa shape index (κ1) is 17.3. The summed E-state index contributed by atoms with van der Waals surface area (Å²) in [7, 11) is 0. The van der Waals surface area contributed by atoms with E-state index in [1.54, 1.807) is 0 Å². The highest BCUT2D eigenvalue weighted by molar-refractivity contribution is 6.33. The number of nitro benzene ring substituents is 1. The van der Waals surface area contributed by atoms with Gasteiger partial charge in [-0.2, -0.15) is 5.10 Å². The molecular weight excluding hydrogens is 342 g/mol. The van der Waals surface area contributed by atoms with E-state index in [0.717, 1.165) is 16.9 Å². The molecule has 0 bridgehead atoms. The number of amides is 1. The Morgan fingerprint density at radius 3 is 2.54 bits per heavy atom. The minimum Gasteiger partial charge on any atom is -0.323 e. The number of aryl methyl sites for hydroxylation is 1. The first-order chi connectivity index (χ1) is 11.2. The number of hydrogen-bond acceptors (Lipinski definition) is 6. The lowest BCUT2D eigenvalue weighted by Crippen LogP contribution is -2.24. The molecule has 0 saturated carbocycles. The summed E-state index contributed by atoms with van der Waals surface area (Å²) in [5, 5.41) is 28.1. The van der Waals surface area contributed by atoms with E-state index < -0.39 is 21.8 Å². The van der Waals surface area contributed by atoms with Gasteiger partial charge < -0.3 is 5.32 Å². The van der Waals surface area contributed by atoms with Crippen molar-refractivity contribution in [3.63, 3.8) is 0 Å². The summed E-state index contributed by atoms with van der Waals surface area (Å²) >= 11 is 5.92. The van der Waals surface area contributed by atoms with Crippen molar-refractivity contribution in [3.8, 4) is 0 Å². The summed E-state index contributed by atoms with van der Waals surface area (Å²) in [6.07, 6.45) is 1.15. The first-order valence-corrected chi connectivity index (χ1v) is 7.03. The molecule has 0 radical (unpaired) electrons. The minimum absolute atomic E-state index is 0.0705. The van der Waals surface area contributed by atoms with Gasteiger partial charge in [0.15, 0.2) is 0 Å². The van der Waals surface area contributed by atoms with Crippen LogP contribution in [-0.2, 0) is 4.79 Å². The normalized spacial score (nSPS) is 11.8. The van der Waals surface area contributed by atoms with Crippen LogP contribution in [0, 0.1) is 27.2 Å². The van der Waals surface area contributed by atoms with E-state index >= 15 is 0 Å². The van der Waals surface area contributed by atoms with Crippen LogP contribution < -0.4 is 5.32 Å². The number of aromatic nitrogens is 2. The molecule has 1 aromatic heterocycles. The molecule has 0 fully saturated rings. The van der Waals surface area contributed by atoms with Crippen molar-refractivity contribution in [3.05, 3.63) is 55.3 Å². The van der Waals surface area contributed by atoms with Crippen molar-refractivity contribution in [1.29, 1.82) is 0 Å². The van der Waals surface area contributed by atoms with E-state index in [1.807, 2.05) is 0 Å². The fraction of sp³-hybridized carbons (Fsp3) is 0.231. The third-order valence-electron chi connectivity index (χ3n) is 3.28. The molecule has 0 spiro atoms. The molecule has 10 nitrogen and oxygen atoms in total. The molecule has 1 atom stereocenters. The second kappa shape index (κ2) is 6.62. The molecule has 24 heavy (non-hydrogen) atoms. The Hall–Kier alpha value is -3.01. The number of benzene rings is 1. The molecule has 2 aromatic rings. The lowest BCUT2D eigenvalue weighted by atomic mass is 10.2. The van der Waals surface area contributed by atoms with E-state index in [2.05, 4.69) is 10.4 Å². The summed E-state index contributed by atoms with van der Waals surface area (Å²) in [5.41, 5.74) is -0.190. The average molecular weight is 354 g/mol. The van der Waals surface area contributed by atoms with Crippen molar-refractivity contribution < 1.29 is 14.6 Å². The molecule has 1 amide bonds. The molecule has 11 heteroatoms. The third kappa shape index (κ3) is 3.49. The van der Waals surface area contributed by atoms with Crippen molar-refractivity contribution in [2.24, 2.45) is 0 Å². The monoisotopic (exact) mass is 353 g/mol. The zero-order valence-electron chi connectivity index (χ0n) is 12.6. The minimum atomic E-state index is -0.882. The van der Waals surface area contributed by atoms with Gasteiger partial charge >= 0.3 is 5.69 Å². The number of anilines is 1. The Morgan fingerprint density at radius 2 is 2.00 bits per heavy atom. The zero-order chi connectivity index (χ0) is 18.0. The van der Waals surface area contributed by atoms with Gasteiger partial charge in [0, 0.05) is 12.1 Å². The fourth-order valence-corrected chi connectivity index (χ4v) is 2.09. The number of nitrogens with one attached hydrogen (secondary N) is 1. The second-order valence-electron chi connectivity index (χ2n) is 4.92. The Labute approximate surface area is 140 Å². The van der Waals surface area contributed by atoms with Crippen LogP contribution in [0.25, 0.3) is 0 Å². The van der Waals surface area contributed by atoms with E-state index in [-0.39, 0.29) is 27.8 Å². The highest BCUT2D eigenvalue weighted by Gasteiger charge is 2.23. The fourth-order valence-electron chi connectivity index (χ4n) is 1.93. The van der Waals surface area contributed by atoms with Crippen LogP contribution in [0.3, 0.4) is 0 Å². The summed E-state index contributed by atoms with van der Waals surface area (Å²) < 4.78 is 1.15. The Balaban J connectivity index is 2.23. The van der Waals surface area contributed by atoms with Crippen molar-refractivity contribution >= 4 is 34.6 Å². The Morgan fingerprint density at radius 1 is 1.33 bits per heavy atom. The molecule has 126 valence electrons. The Bertz CT molecular complexity index is 834. The molecule has 0 aliphatic heterocycles. The first-order valence-electron chi connectivity index (χ1n) is 6.65. The van der Waals surface area contributed by atoms with Gasteiger partial charge in [-0.1, -0.05) is 11.6 Å². The number of halogens is 1. The smallest absolute Gasteiger partial charge is 0.309 e. The lowest BCUT2D eigenvalue weighted by Gasteiger charge is -2.13. The number of carbonyl (C=O) groups excluding carboxylic acids is 1. The molecule has 2 rings (SSSR count). The number of carbonyl (C=O) groups is 1. The highest BCUT2D eigenvalue weighted by atomic mass is 35.5. The summed E-state index contributed by atoms with van der Waals surface area (Å²) in [6.45, 7) is 2.94. The van der Waals surface area contributed by atoms with Crippen molar-refractivity contribution in [1.82, 2.24) is 9.78 Å². The number of nitrogens with zero attached hydrogens (tertiary/aromatic N) is 4. The number of hydrogen-bond donors (Lipinski definition) is 1. The average Bonchev–Trinajstić information content (AvgIpc) is 2.90. The van der Waals surface area contributed by atoms with Crippen LogP contribution in [0.5, 0.6) is 0 Å². The van der Waals surface area contributed by atoms with E-state index in [4.69, 9.17) is 11.6 Å². The van der Waals surface area contributed by atoms with Gasteiger partial charge in [0.05, 0.1) is 20.6 Å². The number of nitro groups is 2. The van der Waals surface area contributed by atoms with E-state index in [9.17, 15) is 25.0 Å². The van der Waals surface area contributed by atoms with Gasteiger partial charge in [0.2, 0.25) is 5.91 Å². The number of rotatable bonds is 5. The van der Waals surface area contributed by atoms with Crippen molar-refractivity contribution in [2.45, 2.75) is 19.9 Å². The molecule has 1 N–H and O–H groups in total. The molecule has 0 saturated heterocycles. The van der Waals surface area contributed by atoms with Gasteiger partial charge in [0.1, 0.15) is 17.9 Å². The standard InChI is InChI=1S/C13H12ClN5O5/c1-7-12(19(23)24)6-17(16-7)8(2)13(20)15-11-5-9(18(21)22)3-4-10(11)14/h3-6,8H,1-2H3,(H,15,20). The van der Waals surface area contributed by atoms with Crippen LogP contribution in [0.2, 0.25) is 5.02 Å². The van der Waals surface area contributed by atoms with E-state index in [0.29, 0.717) is 0 Å². The van der Waals surface area contributed by atoms with Gasteiger partial charge in [-0.15, -0.1) is 0 Å². The number of non-ortho nitro benzene ring substituents is 1. The maximum Gasteiger partial charge on any atom is 0.309 e. The maximum absolute atomic E-state index is 12.3. The van der Waals surface area contributed by atoms with Gasteiger partial charge in [-0.3, -0.25) is 29.7 Å².